The average molecular weight is 295 g/mol. The van der Waals surface area contributed by atoms with Gasteiger partial charge in [-0.05, 0) is 45.2 Å². The van der Waals surface area contributed by atoms with Crippen molar-refractivity contribution in [3.63, 3.8) is 0 Å². The molecule has 0 radical (unpaired) electrons. The highest BCUT2D eigenvalue weighted by atomic mass is 16.5. The van der Waals surface area contributed by atoms with Crippen LogP contribution in [0.4, 0.5) is 0 Å². The molecule has 5 heteroatoms. The monoisotopic (exact) mass is 295 g/mol. The van der Waals surface area contributed by atoms with Crippen molar-refractivity contribution in [1.82, 2.24) is 0 Å². The summed E-state index contributed by atoms with van der Waals surface area (Å²) in [5, 5.41) is 0. The number of carbonyl (C=O) groups is 1. The van der Waals surface area contributed by atoms with E-state index in [1.807, 2.05) is 31.2 Å². The first kappa shape index (κ1) is 17.3. The number of unbranched alkanes of at least 4 members (excludes halogenated alkanes) is 1. The molecule has 1 rings (SSSR count). The summed E-state index contributed by atoms with van der Waals surface area (Å²) in [6, 6.07) is 7.58. The lowest BCUT2D eigenvalue weighted by atomic mass is 9.96. The SMILES string of the molecule is CCOc1ccccc1OCCCCC(C)(N)C(=O)OC. The minimum absolute atomic E-state index is 0.384. The number of para-hydroxylation sites is 2. The molecule has 0 spiro atoms. The highest BCUT2D eigenvalue weighted by Gasteiger charge is 2.28. The van der Waals surface area contributed by atoms with Crippen LogP contribution in [0.25, 0.3) is 0 Å². The molecule has 2 N–H and O–H groups in total. The van der Waals surface area contributed by atoms with Gasteiger partial charge in [0.1, 0.15) is 5.54 Å². The first-order chi connectivity index (χ1) is 10.0. The first-order valence-corrected chi connectivity index (χ1v) is 7.23. The van der Waals surface area contributed by atoms with Crippen molar-refractivity contribution in [2.75, 3.05) is 20.3 Å². The molecule has 0 bridgehead atoms. The van der Waals surface area contributed by atoms with E-state index in [0.717, 1.165) is 24.3 Å². The normalized spacial score (nSPS) is 13.3. The molecule has 0 aromatic heterocycles. The van der Waals surface area contributed by atoms with Crippen molar-refractivity contribution in [1.29, 1.82) is 0 Å². The number of carbonyl (C=O) groups excluding carboxylic acids is 1. The molecule has 21 heavy (non-hydrogen) atoms. The van der Waals surface area contributed by atoms with E-state index in [1.54, 1.807) is 6.92 Å². The van der Waals surface area contributed by atoms with Gasteiger partial charge in [0.25, 0.3) is 0 Å². The summed E-state index contributed by atoms with van der Waals surface area (Å²) >= 11 is 0. The minimum atomic E-state index is -0.933. The van der Waals surface area contributed by atoms with Crippen LogP contribution in [0.15, 0.2) is 24.3 Å². The Morgan fingerprint density at radius 3 is 2.38 bits per heavy atom. The summed E-state index contributed by atoms with van der Waals surface area (Å²) in [5.41, 5.74) is 4.96. The maximum absolute atomic E-state index is 11.4. The molecule has 0 aliphatic carbocycles. The smallest absolute Gasteiger partial charge is 0.325 e. The Morgan fingerprint density at radius 1 is 1.19 bits per heavy atom. The third kappa shape index (κ3) is 5.63. The third-order valence-electron chi connectivity index (χ3n) is 3.15. The van der Waals surface area contributed by atoms with E-state index in [-0.39, 0.29) is 5.97 Å². The van der Waals surface area contributed by atoms with Gasteiger partial charge >= 0.3 is 5.97 Å². The zero-order chi connectivity index (χ0) is 15.7. The van der Waals surface area contributed by atoms with Crippen LogP contribution >= 0.6 is 0 Å². The van der Waals surface area contributed by atoms with E-state index < -0.39 is 5.54 Å². The summed E-state index contributed by atoms with van der Waals surface area (Å²) in [6.45, 7) is 4.78. The first-order valence-electron chi connectivity index (χ1n) is 7.23. The molecule has 5 nitrogen and oxygen atoms in total. The Bertz CT molecular complexity index is 446. The van der Waals surface area contributed by atoms with E-state index in [0.29, 0.717) is 19.6 Å². The van der Waals surface area contributed by atoms with Crippen LogP contribution in [0.1, 0.15) is 33.1 Å². The molecule has 0 saturated carbocycles. The molecule has 0 fully saturated rings. The topological polar surface area (TPSA) is 70.8 Å². The van der Waals surface area contributed by atoms with E-state index in [2.05, 4.69) is 4.74 Å². The fourth-order valence-corrected chi connectivity index (χ4v) is 1.96. The summed E-state index contributed by atoms with van der Waals surface area (Å²) < 4.78 is 15.9. The van der Waals surface area contributed by atoms with Crippen LogP contribution in [0.5, 0.6) is 11.5 Å². The Balaban J connectivity index is 2.33. The number of esters is 1. The number of methoxy groups -OCH3 is 1. The zero-order valence-electron chi connectivity index (χ0n) is 13.1. The Labute approximate surface area is 126 Å². The number of nitrogens with two attached hydrogens (primary N) is 1. The van der Waals surface area contributed by atoms with Gasteiger partial charge < -0.3 is 19.9 Å². The predicted molar refractivity (Wildman–Crippen MR) is 81.6 cm³/mol. The molecule has 0 aliphatic rings. The molecule has 1 aromatic carbocycles. The van der Waals surface area contributed by atoms with Gasteiger partial charge in [0, 0.05) is 0 Å². The van der Waals surface area contributed by atoms with E-state index in [9.17, 15) is 4.79 Å². The standard InChI is InChI=1S/C16H25NO4/c1-4-20-13-9-5-6-10-14(13)21-12-8-7-11-16(2,17)15(18)19-3/h5-6,9-10H,4,7-8,11-12,17H2,1-3H3. The van der Waals surface area contributed by atoms with Gasteiger partial charge in [-0.1, -0.05) is 12.1 Å². The Hall–Kier alpha value is -1.75. The Kier molecular flexibility index (Phi) is 7.02. The van der Waals surface area contributed by atoms with Crippen molar-refractivity contribution in [2.24, 2.45) is 5.73 Å². The number of rotatable bonds is 9. The van der Waals surface area contributed by atoms with E-state index in [1.165, 1.54) is 7.11 Å². The highest BCUT2D eigenvalue weighted by molar-refractivity contribution is 5.79. The zero-order valence-corrected chi connectivity index (χ0v) is 13.1. The van der Waals surface area contributed by atoms with Gasteiger partial charge in [-0.2, -0.15) is 0 Å². The number of hydrogen-bond donors (Lipinski definition) is 1. The molecule has 0 amide bonds. The van der Waals surface area contributed by atoms with E-state index in [4.69, 9.17) is 15.2 Å². The maximum Gasteiger partial charge on any atom is 0.325 e. The second-order valence-corrected chi connectivity index (χ2v) is 5.09. The molecule has 0 heterocycles. The third-order valence-corrected chi connectivity index (χ3v) is 3.15. The summed E-state index contributed by atoms with van der Waals surface area (Å²) in [5.74, 6) is 1.10. The van der Waals surface area contributed by atoms with Gasteiger partial charge in [0.15, 0.2) is 11.5 Å². The average Bonchev–Trinajstić information content (AvgIpc) is 2.47. The van der Waals surface area contributed by atoms with Crippen molar-refractivity contribution < 1.29 is 19.0 Å². The molecular formula is C16H25NO4. The van der Waals surface area contributed by atoms with Crippen LogP contribution in [-0.2, 0) is 9.53 Å². The van der Waals surface area contributed by atoms with Crippen LogP contribution in [0, 0.1) is 0 Å². The fraction of sp³-hybridized carbons (Fsp3) is 0.562. The van der Waals surface area contributed by atoms with Gasteiger partial charge in [0.2, 0.25) is 0 Å². The molecule has 118 valence electrons. The lowest BCUT2D eigenvalue weighted by Gasteiger charge is -2.21. The number of benzene rings is 1. The number of ether oxygens (including phenoxy) is 3. The summed E-state index contributed by atoms with van der Waals surface area (Å²) in [4.78, 5) is 11.4. The second-order valence-electron chi connectivity index (χ2n) is 5.09. The largest absolute Gasteiger partial charge is 0.490 e. The van der Waals surface area contributed by atoms with Gasteiger partial charge in [-0.3, -0.25) is 4.79 Å². The minimum Gasteiger partial charge on any atom is -0.490 e. The quantitative estimate of drug-likeness (QED) is 0.560. The van der Waals surface area contributed by atoms with Gasteiger partial charge in [-0.15, -0.1) is 0 Å². The van der Waals surface area contributed by atoms with Gasteiger partial charge in [-0.25, -0.2) is 0 Å². The van der Waals surface area contributed by atoms with Gasteiger partial charge in [0.05, 0.1) is 20.3 Å². The molecular weight excluding hydrogens is 270 g/mol. The van der Waals surface area contributed by atoms with Crippen molar-refractivity contribution in [2.45, 2.75) is 38.6 Å². The molecule has 1 unspecified atom stereocenters. The molecule has 1 atom stereocenters. The van der Waals surface area contributed by atoms with Crippen LogP contribution in [0.2, 0.25) is 0 Å². The summed E-state index contributed by atoms with van der Waals surface area (Å²) in [6.07, 6.45) is 2.17. The predicted octanol–water partition coefficient (Wildman–Crippen LogP) is 2.52. The van der Waals surface area contributed by atoms with Crippen LogP contribution < -0.4 is 15.2 Å². The van der Waals surface area contributed by atoms with Crippen LogP contribution in [-0.4, -0.2) is 31.8 Å². The molecule has 0 saturated heterocycles. The van der Waals surface area contributed by atoms with Crippen molar-refractivity contribution in [3.05, 3.63) is 24.3 Å². The lowest BCUT2D eigenvalue weighted by Crippen LogP contribution is -2.45. The van der Waals surface area contributed by atoms with Crippen molar-refractivity contribution >= 4 is 5.97 Å². The second kappa shape index (κ2) is 8.52. The maximum atomic E-state index is 11.4. The molecule has 0 aliphatic heterocycles. The molecule has 1 aromatic rings. The van der Waals surface area contributed by atoms with E-state index >= 15 is 0 Å². The highest BCUT2D eigenvalue weighted by Crippen LogP contribution is 2.26. The van der Waals surface area contributed by atoms with Crippen molar-refractivity contribution in [3.8, 4) is 11.5 Å². The Morgan fingerprint density at radius 2 is 1.81 bits per heavy atom. The fourth-order valence-electron chi connectivity index (χ4n) is 1.96. The van der Waals surface area contributed by atoms with Crippen LogP contribution in [0.3, 0.4) is 0 Å². The lowest BCUT2D eigenvalue weighted by molar-refractivity contribution is -0.146. The summed E-state index contributed by atoms with van der Waals surface area (Å²) in [7, 11) is 1.35. The number of hydrogen-bond acceptors (Lipinski definition) is 5.